The number of rotatable bonds is 2. The molecule has 1 amide bonds. The quantitative estimate of drug-likeness (QED) is 0.570. The van der Waals surface area contributed by atoms with Crippen molar-refractivity contribution in [3.8, 4) is 0 Å². The molecule has 0 aromatic rings. The van der Waals surface area contributed by atoms with Gasteiger partial charge in [-0.3, -0.25) is 9.69 Å². The van der Waals surface area contributed by atoms with Gasteiger partial charge in [-0.2, -0.15) is 0 Å². The van der Waals surface area contributed by atoms with Crippen LogP contribution in [0.4, 0.5) is 0 Å². The largest absolute Gasteiger partial charge is 0.376 e. The average Bonchev–Trinajstić information content (AvgIpc) is 2.30. The monoisotopic (exact) mass is 199 g/mol. The van der Waals surface area contributed by atoms with Crippen molar-refractivity contribution in [3.63, 3.8) is 0 Å². The number of hydrogen-bond acceptors (Lipinski definition) is 4. The molecule has 0 unspecified atom stereocenters. The zero-order chi connectivity index (χ0) is 10.0. The lowest BCUT2D eigenvalue weighted by Gasteiger charge is -2.46. The van der Waals surface area contributed by atoms with Gasteiger partial charge in [-0.05, 0) is 13.0 Å². The van der Waals surface area contributed by atoms with E-state index in [0.717, 1.165) is 32.6 Å². The first kappa shape index (κ1) is 9.89. The summed E-state index contributed by atoms with van der Waals surface area (Å²) >= 11 is 0. The Labute approximate surface area is 83.6 Å². The molecule has 0 aromatic carbocycles. The van der Waals surface area contributed by atoms with Crippen LogP contribution in [0.15, 0.2) is 0 Å². The highest BCUT2D eigenvalue weighted by Crippen LogP contribution is 2.25. The van der Waals surface area contributed by atoms with Crippen LogP contribution in [-0.2, 0) is 9.53 Å². The molecular formula is C9H17N3O2. The number of primary amides is 1. The summed E-state index contributed by atoms with van der Waals surface area (Å²) in [5.74, 6) is -0.245. The number of nitrogens with two attached hydrogens (primary N) is 1. The fourth-order valence-electron chi connectivity index (χ4n) is 2.05. The number of carbonyl (C=O) groups is 1. The zero-order valence-corrected chi connectivity index (χ0v) is 8.29. The Hall–Kier alpha value is -0.650. The Morgan fingerprint density at radius 3 is 2.71 bits per heavy atom. The maximum Gasteiger partial charge on any atom is 0.242 e. The Morgan fingerprint density at radius 1 is 1.36 bits per heavy atom. The molecule has 14 heavy (non-hydrogen) atoms. The zero-order valence-electron chi connectivity index (χ0n) is 8.29. The van der Waals surface area contributed by atoms with Crippen LogP contribution < -0.4 is 11.1 Å². The number of ether oxygens (including phenoxy) is 1. The van der Waals surface area contributed by atoms with E-state index in [1.54, 1.807) is 0 Å². The highest BCUT2D eigenvalue weighted by Gasteiger charge is 2.49. The minimum absolute atomic E-state index is 0.245. The lowest BCUT2D eigenvalue weighted by Crippen LogP contribution is -2.69. The molecule has 0 atom stereocenters. The van der Waals surface area contributed by atoms with Gasteiger partial charge >= 0.3 is 0 Å². The van der Waals surface area contributed by atoms with Gasteiger partial charge in [-0.1, -0.05) is 0 Å². The van der Waals surface area contributed by atoms with Crippen LogP contribution in [0.2, 0.25) is 0 Å². The fraction of sp³-hybridized carbons (Fsp3) is 0.889. The van der Waals surface area contributed by atoms with E-state index in [2.05, 4.69) is 10.2 Å². The summed E-state index contributed by atoms with van der Waals surface area (Å²) in [7, 11) is 0. The summed E-state index contributed by atoms with van der Waals surface area (Å²) < 4.78 is 5.13. The molecule has 2 aliphatic rings. The Bertz CT molecular complexity index is 220. The van der Waals surface area contributed by atoms with Crippen molar-refractivity contribution in [1.29, 1.82) is 0 Å². The number of nitrogens with one attached hydrogen (secondary N) is 1. The summed E-state index contributed by atoms with van der Waals surface area (Å²) in [5.41, 5.74) is 4.93. The van der Waals surface area contributed by atoms with E-state index >= 15 is 0 Å². The van der Waals surface area contributed by atoms with Crippen molar-refractivity contribution in [2.24, 2.45) is 5.73 Å². The second-order valence-corrected chi connectivity index (χ2v) is 3.98. The number of hydrogen-bond donors (Lipinski definition) is 2. The van der Waals surface area contributed by atoms with Gasteiger partial charge in [0.2, 0.25) is 5.91 Å². The van der Waals surface area contributed by atoms with Crippen LogP contribution in [0.25, 0.3) is 0 Å². The van der Waals surface area contributed by atoms with Crippen LogP contribution in [0.1, 0.15) is 6.42 Å². The third kappa shape index (κ3) is 1.51. The fourth-order valence-corrected chi connectivity index (χ4v) is 2.05. The lowest BCUT2D eigenvalue weighted by atomic mass is 9.93. The van der Waals surface area contributed by atoms with Gasteiger partial charge in [-0.15, -0.1) is 0 Å². The Kier molecular flexibility index (Phi) is 2.71. The van der Waals surface area contributed by atoms with Crippen molar-refractivity contribution in [3.05, 3.63) is 0 Å². The standard InChI is InChI=1S/C9H17N3O2/c10-8(13)9(6-14-7-9)12-4-1-2-11-3-5-12/h11H,1-7H2,(H2,10,13). The van der Waals surface area contributed by atoms with Crippen LogP contribution in [0.3, 0.4) is 0 Å². The van der Waals surface area contributed by atoms with Gasteiger partial charge in [0.25, 0.3) is 0 Å². The molecule has 0 aliphatic carbocycles. The number of carbonyl (C=O) groups excluding carboxylic acids is 1. The molecule has 2 heterocycles. The molecule has 80 valence electrons. The summed E-state index contributed by atoms with van der Waals surface area (Å²) in [5, 5.41) is 3.30. The second kappa shape index (κ2) is 3.84. The van der Waals surface area contributed by atoms with Crippen molar-refractivity contribution >= 4 is 5.91 Å². The second-order valence-electron chi connectivity index (χ2n) is 3.98. The Balaban J connectivity index is 2.06. The van der Waals surface area contributed by atoms with Gasteiger partial charge in [-0.25, -0.2) is 0 Å². The minimum Gasteiger partial charge on any atom is -0.376 e. The first-order chi connectivity index (χ1) is 6.76. The molecule has 0 aromatic heterocycles. The molecule has 0 bridgehead atoms. The van der Waals surface area contributed by atoms with Gasteiger partial charge in [0.15, 0.2) is 0 Å². The highest BCUT2D eigenvalue weighted by molar-refractivity contribution is 5.86. The van der Waals surface area contributed by atoms with E-state index in [1.165, 1.54) is 0 Å². The summed E-state index contributed by atoms with van der Waals surface area (Å²) in [6, 6.07) is 0. The third-order valence-corrected chi connectivity index (χ3v) is 3.09. The SMILES string of the molecule is NC(=O)C1(N2CCCNCC2)COC1. The smallest absolute Gasteiger partial charge is 0.242 e. The topological polar surface area (TPSA) is 67.6 Å². The molecule has 3 N–H and O–H groups in total. The predicted octanol–water partition coefficient (Wildman–Crippen LogP) is -1.46. The van der Waals surface area contributed by atoms with E-state index in [1.807, 2.05) is 0 Å². The minimum atomic E-state index is -0.508. The van der Waals surface area contributed by atoms with Gasteiger partial charge in [0, 0.05) is 19.6 Å². The van der Waals surface area contributed by atoms with Gasteiger partial charge in [0.05, 0.1) is 13.2 Å². The molecular weight excluding hydrogens is 182 g/mol. The van der Waals surface area contributed by atoms with Crippen molar-refractivity contribution < 1.29 is 9.53 Å². The molecule has 0 saturated carbocycles. The van der Waals surface area contributed by atoms with Gasteiger partial charge in [0.1, 0.15) is 5.54 Å². The van der Waals surface area contributed by atoms with Crippen LogP contribution >= 0.6 is 0 Å². The van der Waals surface area contributed by atoms with E-state index in [4.69, 9.17) is 10.5 Å². The lowest BCUT2D eigenvalue weighted by molar-refractivity contribution is -0.167. The average molecular weight is 199 g/mol. The molecule has 2 saturated heterocycles. The summed E-state index contributed by atoms with van der Waals surface area (Å²) in [4.78, 5) is 13.6. The molecule has 2 fully saturated rings. The third-order valence-electron chi connectivity index (χ3n) is 3.09. The van der Waals surface area contributed by atoms with E-state index in [-0.39, 0.29) is 5.91 Å². The molecule has 5 nitrogen and oxygen atoms in total. The van der Waals surface area contributed by atoms with Crippen LogP contribution in [0, 0.1) is 0 Å². The van der Waals surface area contributed by atoms with E-state index in [0.29, 0.717) is 13.2 Å². The highest BCUT2D eigenvalue weighted by atomic mass is 16.5. The molecule has 2 rings (SSSR count). The maximum atomic E-state index is 11.4. The van der Waals surface area contributed by atoms with Crippen LogP contribution in [0.5, 0.6) is 0 Å². The summed E-state index contributed by atoms with van der Waals surface area (Å²) in [6.07, 6.45) is 1.06. The summed E-state index contributed by atoms with van der Waals surface area (Å²) in [6.45, 7) is 4.68. The number of amides is 1. The molecule has 5 heteroatoms. The van der Waals surface area contributed by atoms with Gasteiger partial charge < -0.3 is 15.8 Å². The normalized spacial score (nSPS) is 27.7. The first-order valence-corrected chi connectivity index (χ1v) is 5.09. The Morgan fingerprint density at radius 2 is 2.14 bits per heavy atom. The molecule has 2 aliphatic heterocycles. The number of nitrogens with zero attached hydrogens (tertiary/aromatic N) is 1. The van der Waals surface area contributed by atoms with Crippen molar-refractivity contribution in [2.45, 2.75) is 12.0 Å². The van der Waals surface area contributed by atoms with Crippen LogP contribution in [-0.4, -0.2) is 55.7 Å². The van der Waals surface area contributed by atoms with E-state index < -0.39 is 5.54 Å². The molecule has 0 spiro atoms. The van der Waals surface area contributed by atoms with Crippen molar-refractivity contribution in [2.75, 3.05) is 39.4 Å². The van der Waals surface area contributed by atoms with E-state index in [9.17, 15) is 4.79 Å². The maximum absolute atomic E-state index is 11.4. The predicted molar refractivity (Wildman–Crippen MR) is 51.8 cm³/mol. The molecule has 0 radical (unpaired) electrons. The first-order valence-electron chi connectivity index (χ1n) is 5.09. The van der Waals surface area contributed by atoms with Crippen molar-refractivity contribution in [1.82, 2.24) is 10.2 Å².